The van der Waals surface area contributed by atoms with E-state index in [1.54, 1.807) is 6.92 Å². The molecule has 2 aromatic rings. The largest absolute Gasteiger partial charge is 0.494 e. The molecule has 0 radical (unpaired) electrons. The van der Waals surface area contributed by atoms with Gasteiger partial charge in [0.05, 0.1) is 6.61 Å². The Labute approximate surface area is 101 Å². The first-order valence-electron chi connectivity index (χ1n) is 5.83. The van der Waals surface area contributed by atoms with Crippen LogP contribution in [0.5, 0.6) is 5.75 Å². The summed E-state index contributed by atoms with van der Waals surface area (Å²) in [6, 6.07) is 7.73. The van der Waals surface area contributed by atoms with Crippen LogP contribution < -0.4 is 4.74 Å². The second-order valence-electron chi connectivity index (χ2n) is 3.86. The summed E-state index contributed by atoms with van der Waals surface area (Å²) in [5, 5.41) is 3.86. The fourth-order valence-electron chi connectivity index (χ4n) is 1.45. The monoisotopic (exact) mass is 232 g/mol. The Hall–Kier alpha value is -1.84. The third-order valence-electron chi connectivity index (χ3n) is 2.41. The fraction of sp³-hybridized carbons (Fsp3) is 0.385. The van der Waals surface area contributed by atoms with Crippen molar-refractivity contribution in [3.05, 3.63) is 30.2 Å². The van der Waals surface area contributed by atoms with Crippen LogP contribution in [0.2, 0.25) is 0 Å². The summed E-state index contributed by atoms with van der Waals surface area (Å²) in [4.78, 5) is 4.17. The summed E-state index contributed by atoms with van der Waals surface area (Å²) < 4.78 is 10.5. The molecule has 1 heterocycles. The molecule has 90 valence electrons. The Balaban J connectivity index is 2.02. The molecular weight excluding hydrogens is 216 g/mol. The zero-order valence-electron chi connectivity index (χ0n) is 10.1. The molecule has 0 aliphatic heterocycles. The molecule has 2 rings (SSSR count). The summed E-state index contributed by atoms with van der Waals surface area (Å²) in [5.41, 5.74) is 0.935. The maximum Gasteiger partial charge on any atom is 0.223 e. The van der Waals surface area contributed by atoms with Gasteiger partial charge in [-0.15, -0.1) is 0 Å². The van der Waals surface area contributed by atoms with Crippen molar-refractivity contribution in [2.24, 2.45) is 0 Å². The van der Waals surface area contributed by atoms with E-state index >= 15 is 0 Å². The van der Waals surface area contributed by atoms with Gasteiger partial charge in [0.2, 0.25) is 11.7 Å². The van der Waals surface area contributed by atoms with Crippen molar-refractivity contribution in [3.8, 4) is 17.1 Å². The summed E-state index contributed by atoms with van der Waals surface area (Å²) in [6.45, 7) is 4.68. The number of benzene rings is 1. The smallest absolute Gasteiger partial charge is 0.223 e. The van der Waals surface area contributed by atoms with Gasteiger partial charge < -0.3 is 9.26 Å². The topological polar surface area (TPSA) is 48.2 Å². The third-order valence-corrected chi connectivity index (χ3v) is 2.41. The minimum atomic E-state index is 0.572. The minimum Gasteiger partial charge on any atom is -0.494 e. The third kappa shape index (κ3) is 3.06. The molecule has 0 saturated carbocycles. The van der Waals surface area contributed by atoms with Crippen LogP contribution in [-0.2, 0) is 0 Å². The van der Waals surface area contributed by atoms with Gasteiger partial charge in [-0.3, -0.25) is 0 Å². The van der Waals surface area contributed by atoms with E-state index in [9.17, 15) is 0 Å². The molecule has 0 bridgehead atoms. The van der Waals surface area contributed by atoms with Crippen LogP contribution in [0, 0.1) is 6.92 Å². The summed E-state index contributed by atoms with van der Waals surface area (Å²) in [6.07, 6.45) is 2.21. The van der Waals surface area contributed by atoms with E-state index in [4.69, 9.17) is 9.26 Å². The molecule has 0 aliphatic carbocycles. The van der Waals surface area contributed by atoms with Gasteiger partial charge in [0.25, 0.3) is 0 Å². The Morgan fingerprint density at radius 1 is 1.24 bits per heavy atom. The number of aryl methyl sites for hydroxylation is 1. The van der Waals surface area contributed by atoms with Crippen molar-refractivity contribution < 1.29 is 9.26 Å². The lowest BCUT2D eigenvalue weighted by molar-refractivity contribution is 0.309. The van der Waals surface area contributed by atoms with Crippen LogP contribution in [0.4, 0.5) is 0 Å². The first-order valence-corrected chi connectivity index (χ1v) is 5.83. The van der Waals surface area contributed by atoms with E-state index in [-0.39, 0.29) is 0 Å². The van der Waals surface area contributed by atoms with E-state index in [2.05, 4.69) is 17.1 Å². The van der Waals surface area contributed by atoms with Gasteiger partial charge in [0, 0.05) is 12.5 Å². The molecule has 0 aliphatic rings. The normalized spacial score (nSPS) is 10.5. The fourth-order valence-corrected chi connectivity index (χ4v) is 1.45. The molecule has 0 fully saturated rings. The Morgan fingerprint density at radius 2 is 2.00 bits per heavy atom. The summed E-state index contributed by atoms with van der Waals surface area (Å²) in [5.74, 6) is 2.06. The van der Waals surface area contributed by atoms with Gasteiger partial charge in [-0.25, -0.2) is 0 Å². The van der Waals surface area contributed by atoms with Gasteiger partial charge in [0.1, 0.15) is 5.75 Å². The lowest BCUT2D eigenvalue weighted by Gasteiger charge is -2.04. The molecular formula is C13H16N2O2. The molecule has 4 heteroatoms. The van der Waals surface area contributed by atoms with Crippen LogP contribution in [0.1, 0.15) is 25.7 Å². The molecule has 1 aromatic carbocycles. The number of nitrogens with zero attached hydrogens (tertiary/aromatic N) is 2. The Kier molecular flexibility index (Phi) is 3.75. The SMILES string of the molecule is CCCCOc1ccc(-c2noc(C)n2)cc1. The average molecular weight is 232 g/mol. The van der Waals surface area contributed by atoms with Crippen molar-refractivity contribution in [1.82, 2.24) is 10.1 Å². The number of ether oxygens (including phenoxy) is 1. The van der Waals surface area contributed by atoms with E-state index in [0.717, 1.165) is 30.8 Å². The van der Waals surface area contributed by atoms with Crippen molar-refractivity contribution >= 4 is 0 Å². The zero-order chi connectivity index (χ0) is 12.1. The molecule has 1 aromatic heterocycles. The maximum atomic E-state index is 5.58. The highest BCUT2D eigenvalue weighted by Crippen LogP contribution is 2.19. The molecule has 0 amide bonds. The number of unbranched alkanes of at least 4 members (excludes halogenated alkanes) is 1. The van der Waals surface area contributed by atoms with Crippen molar-refractivity contribution in [2.45, 2.75) is 26.7 Å². The molecule has 0 unspecified atom stereocenters. The minimum absolute atomic E-state index is 0.572. The Bertz CT molecular complexity index is 463. The van der Waals surface area contributed by atoms with Crippen molar-refractivity contribution in [2.75, 3.05) is 6.61 Å². The predicted octanol–water partition coefficient (Wildman–Crippen LogP) is 3.22. The first kappa shape index (κ1) is 11.6. The number of hydrogen-bond acceptors (Lipinski definition) is 4. The van der Waals surface area contributed by atoms with Crippen LogP contribution in [0.3, 0.4) is 0 Å². The molecule has 0 saturated heterocycles. The molecule has 4 nitrogen and oxygen atoms in total. The standard InChI is InChI=1S/C13H16N2O2/c1-3-4-9-16-12-7-5-11(6-8-12)13-14-10(2)17-15-13/h5-8H,3-4,9H2,1-2H3. The summed E-state index contributed by atoms with van der Waals surface area (Å²) in [7, 11) is 0. The van der Waals surface area contributed by atoms with E-state index in [0.29, 0.717) is 11.7 Å². The second-order valence-corrected chi connectivity index (χ2v) is 3.86. The van der Waals surface area contributed by atoms with Gasteiger partial charge >= 0.3 is 0 Å². The molecule has 0 atom stereocenters. The predicted molar refractivity (Wildman–Crippen MR) is 64.9 cm³/mol. The van der Waals surface area contributed by atoms with Crippen LogP contribution in [-0.4, -0.2) is 16.7 Å². The highest BCUT2D eigenvalue weighted by Gasteiger charge is 2.05. The molecule has 0 N–H and O–H groups in total. The number of rotatable bonds is 5. The number of hydrogen-bond donors (Lipinski definition) is 0. The highest BCUT2D eigenvalue weighted by atomic mass is 16.5. The molecule has 17 heavy (non-hydrogen) atoms. The van der Waals surface area contributed by atoms with Crippen LogP contribution in [0.15, 0.2) is 28.8 Å². The highest BCUT2D eigenvalue weighted by molar-refractivity contribution is 5.55. The van der Waals surface area contributed by atoms with Gasteiger partial charge in [-0.1, -0.05) is 18.5 Å². The second kappa shape index (κ2) is 5.48. The lowest BCUT2D eigenvalue weighted by atomic mass is 10.2. The van der Waals surface area contributed by atoms with Gasteiger partial charge in [0.15, 0.2) is 0 Å². The van der Waals surface area contributed by atoms with E-state index in [1.807, 2.05) is 24.3 Å². The number of aromatic nitrogens is 2. The van der Waals surface area contributed by atoms with Gasteiger partial charge in [-0.2, -0.15) is 4.98 Å². The average Bonchev–Trinajstić information content (AvgIpc) is 2.77. The molecule has 0 spiro atoms. The van der Waals surface area contributed by atoms with E-state index in [1.165, 1.54) is 0 Å². The maximum absolute atomic E-state index is 5.58. The Morgan fingerprint density at radius 3 is 2.59 bits per heavy atom. The van der Waals surface area contributed by atoms with Crippen LogP contribution in [0.25, 0.3) is 11.4 Å². The first-order chi connectivity index (χ1) is 8.29. The van der Waals surface area contributed by atoms with Crippen LogP contribution >= 0.6 is 0 Å². The lowest BCUT2D eigenvalue weighted by Crippen LogP contribution is -1.96. The van der Waals surface area contributed by atoms with Crippen molar-refractivity contribution in [1.29, 1.82) is 0 Å². The van der Waals surface area contributed by atoms with E-state index < -0.39 is 0 Å². The van der Waals surface area contributed by atoms with Gasteiger partial charge in [-0.05, 0) is 30.7 Å². The summed E-state index contributed by atoms with van der Waals surface area (Å²) >= 11 is 0. The quantitative estimate of drug-likeness (QED) is 0.742. The van der Waals surface area contributed by atoms with Crippen molar-refractivity contribution in [3.63, 3.8) is 0 Å². The zero-order valence-corrected chi connectivity index (χ0v) is 10.1.